The van der Waals surface area contributed by atoms with E-state index in [9.17, 15) is 9.18 Å². The highest BCUT2D eigenvalue weighted by molar-refractivity contribution is 6.16. The van der Waals surface area contributed by atoms with Crippen molar-refractivity contribution >= 4 is 17.6 Å². The second-order valence-electron chi connectivity index (χ2n) is 8.03. The Labute approximate surface area is 175 Å². The van der Waals surface area contributed by atoms with Gasteiger partial charge in [0.15, 0.2) is 5.78 Å². The summed E-state index contributed by atoms with van der Waals surface area (Å²) in [4.78, 5) is 21.9. The largest absolute Gasteiger partial charge is 0.294 e. The number of hydrogen-bond acceptors (Lipinski definition) is 3. The number of pyridine rings is 1. The molecule has 1 aliphatic carbocycles. The van der Waals surface area contributed by atoms with Gasteiger partial charge in [-0.25, -0.2) is 4.39 Å². The lowest BCUT2D eigenvalue weighted by Gasteiger charge is -2.22. The Morgan fingerprint density at radius 3 is 2.60 bits per heavy atom. The fraction of sp³-hybridized carbons (Fsp3) is 0.192. The van der Waals surface area contributed by atoms with Crippen LogP contribution in [0.4, 0.5) is 4.39 Å². The van der Waals surface area contributed by atoms with E-state index in [0.717, 1.165) is 50.4 Å². The van der Waals surface area contributed by atoms with Crippen molar-refractivity contribution < 1.29 is 9.18 Å². The maximum absolute atomic E-state index is 13.3. The van der Waals surface area contributed by atoms with Crippen LogP contribution in [0.3, 0.4) is 0 Å². The number of fused-ring (bicyclic) bond motifs is 2. The number of nitrogens with zero attached hydrogens (tertiary/aromatic N) is 2. The molecule has 4 heteroatoms. The van der Waals surface area contributed by atoms with Crippen molar-refractivity contribution in [1.29, 1.82) is 0 Å². The number of hydrogen-bond donors (Lipinski definition) is 0. The van der Waals surface area contributed by atoms with Crippen LogP contribution in [0.15, 0.2) is 65.3 Å². The first-order chi connectivity index (χ1) is 14.5. The minimum Gasteiger partial charge on any atom is -0.294 e. The first-order valence-corrected chi connectivity index (χ1v) is 10.1. The van der Waals surface area contributed by atoms with Gasteiger partial charge in [0.2, 0.25) is 0 Å². The van der Waals surface area contributed by atoms with Crippen molar-refractivity contribution in [3.05, 3.63) is 105 Å². The molecule has 0 saturated carbocycles. The predicted octanol–water partition coefficient (Wildman–Crippen LogP) is 5.19. The van der Waals surface area contributed by atoms with Gasteiger partial charge in [-0.15, -0.1) is 0 Å². The molecule has 3 nitrogen and oxygen atoms in total. The third kappa shape index (κ3) is 3.18. The van der Waals surface area contributed by atoms with Crippen molar-refractivity contribution in [1.82, 2.24) is 4.98 Å². The molecule has 5 rings (SSSR count). The number of allylic oxidation sites excluding steroid dienone is 1. The topological polar surface area (TPSA) is 42.3 Å². The number of aryl methyl sites for hydroxylation is 1. The number of aromatic nitrogens is 1. The summed E-state index contributed by atoms with van der Waals surface area (Å²) in [6, 6.07) is 14.7. The van der Waals surface area contributed by atoms with Crippen LogP contribution >= 0.6 is 0 Å². The minimum atomic E-state index is -0.269. The van der Waals surface area contributed by atoms with E-state index in [4.69, 9.17) is 4.99 Å². The summed E-state index contributed by atoms with van der Waals surface area (Å²) in [6.45, 7) is 4.61. The summed E-state index contributed by atoms with van der Waals surface area (Å²) < 4.78 is 13.3. The molecule has 30 heavy (non-hydrogen) atoms. The first kappa shape index (κ1) is 18.6. The molecule has 1 aliphatic heterocycles. The zero-order chi connectivity index (χ0) is 20.8. The van der Waals surface area contributed by atoms with Crippen LogP contribution in [0.5, 0.6) is 0 Å². The average Bonchev–Trinajstić information content (AvgIpc) is 3.14. The molecule has 2 aliphatic rings. The molecule has 2 aromatic carbocycles. The third-order valence-corrected chi connectivity index (χ3v) is 6.02. The number of rotatable bonds is 3. The summed E-state index contributed by atoms with van der Waals surface area (Å²) in [5.74, 6) is -0.229. The monoisotopic (exact) mass is 396 g/mol. The van der Waals surface area contributed by atoms with Crippen LogP contribution < -0.4 is 0 Å². The van der Waals surface area contributed by atoms with E-state index < -0.39 is 0 Å². The normalized spacial score (nSPS) is 15.9. The number of benzene rings is 2. The summed E-state index contributed by atoms with van der Waals surface area (Å²) in [5, 5.41) is 0. The lowest BCUT2D eigenvalue weighted by atomic mass is 9.81. The molecule has 0 unspecified atom stereocenters. The van der Waals surface area contributed by atoms with Gasteiger partial charge >= 0.3 is 0 Å². The van der Waals surface area contributed by atoms with Crippen LogP contribution in [0.1, 0.15) is 51.9 Å². The number of Topliss-reactive ketones (excluding diaryl/α,β-unsaturated/α-hetero) is 1. The fourth-order valence-corrected chi connectivity index (χ4v) is 4.36. The van der Waals surface area contributed by atoms with E-state index in [2.05, 4.69) is 23.2 Å². The first-order valence-electron chi connectivity index (χ1n) is 10.1. The molecule has 0 bridgehead atoms. The molecule has 0 amide bonds. The highest BCUT2D eigenvalue weighted by atomic mass is 19.1. The zero-order valence-corrected chi connectivity index (χ0v) is 16.9. The molecule has 0 N–H and O–H groups in total. The van der Waals surface area contributed by atoms with Crippen LogP contribution in [0.2, 0.25) is 0 Å². The maximum atomic E-state index is 13.3. The van der Waals surface area contributed by atoms with Crippen LogP contribution in [-0.2, 0) is 17.8 Å². The van der Waals surface area contributed by atoms with Gasteiger partial charge in [0.1, 0.15) is 5.82 Å². The maximum Gasteiger partial charge on any atom is 0.163 e. The van der Waals surface area contributed by atoms with Gasteiger partial charge in [0.25, 0.3) is 0 Å². The van der Waals surface area contributed by atoms with Gasteiger partial charge in [0, 0.05) is 40.9 Å². The van der Waals surface area contributed by atoms with E-state index >= 15 is 0 Å². The predicted molar refractivity (Wildman–Crippen MR) is 116 cm³/mol. The minimum absolute atomic E-state index is 0.0875. The van der Waals surface area contributed by atoms with E-state index in [1.165, 1.54) is 12.1 Å². The Morgan fingerprint density at radius 2 is 1.83 bits per heavy atom. The quantitative estimate of drug-likeness (QED) is 0.611. The van der Waals surface area contributed by atoms with Gasteiger partial charge in [0.05, 0.1) is 12.3 Å². The van der Waals surface area contributed by atoms with Crippen molar-refractivity contribution in [3.8, 4) is 0 Å². The van der Waals surface area contributed by atoms with Crippen LogP contribution in [-0.4, -0.2) is 16.5 Å². The third-order valence-electron chi connectivity index (χ3n) is 6.02. The van der Waals surface area contributed by atoms with E-state index in [1.54, 1.807) is 12.1 Å². The molecule has 1 atom stereocenters. The summed E-state index contributed by atoms with van der Waals surface area (Å²) >= 11 is 0. The Balaban J connectivity index is 1.55. The van der Waals surface area contributed by atoms with Crippen molar-refractivity contribution in [2.75, 3.05) is 0 Å². The second-order valence-corrected chi connectivity index (χ2v) is 8.03. The molecule has 0 saturated heterocycles. The Bertz CT molecular complexity index is 1240. The summed E-state index contributed by atoms with van der Waals surface area (Å²) in [6.07, 6.45) is 4.21. The second kappa shape index (κ2) is 7.13. The Hall–Kier alpha value is -3.40. The van der Waals surface area contributed by atoms with E-state index in [-0.39, 0.29) is 17.5 Å². The van der Waals surface area contributed by atoms with Crippen molar-refractivity contribution in [3.63, 3.8) is 0 Å². The van der Waals surface area contributed by atoms with Gasteiger partial charge in [-0.3, -0.25) is 14.8 Å². The van der Waals surface area contributed by atoms with Gasteiger partial charge in [-0.05, 0) is 65.6 Å². The van der Waals surface area contributed by atoms with Gasteiger partial charge in [-0.2, -0.15) is 0 Å². The number of carbonyl (C=O) groups is 1. The molecular weight excluding hydrogens is 375 g/mol. The number of halogens is 1. The fourth-order valence-electron chi connectivity index (χ4n) is 4.36. The molecule has 0 spiro atoms. The SMILES string of the molecule is Cc1cc(C2=NCc3cc4c(cc32)C=C([C@H](C)c2ccc(F)cc2)C(=O)C4)ccn1. The highest BCUT2D eigenvalue weighted by Gasteiger charge is 2.27. The molecule has 2 heterocycles. The molecule has 3 aromatic rings. The highest BCUT2D eigenvalue weighted by Crippen LogP contribution is 2.35. The summed E-state index contributed by atoms with van der Waals surface area (Å²) in [7, 11) is 0. The Kier molecular flexibility index (Phi) is 4.43. The number of carbonyl (C=O) groups excluding carboxylic acids is 1. The summed E-state index contributed by atoms with van der Waals surface area (Å²) in [5.41, 5.74) is 9.12. The van der Waals surface area contributed by atoms with E-state index in [0.29, 0.717) is 13.0 Å². The van der Waals surface area contributed by atoms with Gasteiger partial charge in [-0.1, -0.05) is 25.1 Å². The van der Waals surface area contributed by atoms with Crippen molar-refractivity contribution in [2.45, 2.75) is 32.7 Å². The molecule has 0 radical (unpaired) electrons. The molecule has 1 aromatic heterocycles. The lowest BCUT2D eigenvalue weighted by Crippen LogP contribution is -2.17. The molecular formula is C26H21FN2O. The van der Waals surface area contributed by atoms with Crippen molar-refractivity contribution in [2.24, 2.45) is 4.99 Å². The molecule has 0 fully saturated rings. The van der Waals surface area contributed by atoms with Gasteiger partial charge < -0.3 is 0 Å². The number of ketones is 1. The van der Waals surface area contributed by atoms with Crippen LogP contribution in [0, 0.1) is 12.7 Å². The number of aliphatic imine (C=N–C) groups is 1. The Morgan fingerprint density at radius 1 is 1.03 bits per heavy atom. The average molecular weight is 396 g/mol. The lowest BCUT2D eigenvalue weighted by molar-refractivity contribution is -0.115. The zero-order valence-electron chi connectivity index (χ0n) is 16.9. The standard InChI is InChI=1S/C26H21FN2O/c1-15-9-18(7-8-28-15)26-24-12-20-11-23(16(2)17-3-5-22(27)6-4-17)25(30)13-19(20)10-21(24)14-29-26/h3-12,16H,13-14H2,1-2H3/t16-/m1/s1. The van der Waals surface area contributed by atoms with Crippen LogP contribution in [0.25, 0.3) is 6.08 Å². The smallest absolute Gasteiger partial charge is 0.163 e. The molecule has 148 valence electrons. The van der Waals surface area contributed by atoms with E-state index in [1.807, 2.05) is 32.2 Å².